The molecule has 1 aromatic rings. The number of hydrogen-bond acceptors (Lipinski definition) is 3. The van der Waals surface area contributed by atoms with Crippen LogP contribution < -0.4 is 5.73 Å². The van der Waals surface area contributed by atoms with Gasteiger partial charge >= 0.3 is 0 Å². The van der Waals surface area contributed by atoms with Gasteiger partial charge in [-0.05, 0) is 35.8 Å². The first-order chi connectivity index (χ1) is 9.69. The minimum Gasteiger partial charge on any atom is -0.399 e. The van der Waals surface area contributed by atoms with Crippen molar-refractivity contribution in [2.75, 3.05) is 32.5 Å². The standard InChI is InChI=1S/C16H20N2O2/c1-20-12-14-7-9-18(10-8-14)16(19)6-5-13-3-2-4-15(17)11-13/h2-7,11H,8-10,12,17H2,1H3/b6-5+. The zero-order valence-corrected chi connectivity index (χ0v) is 11.7. The van der Waals surface area contributed by atoms with Crippen LogP contribution in [0.1, 0.15) is 12.0 Å². The van der Waals surface area contributed by atoms with E-state index in [1.807, 2.05) is 29.2 Å². The summed E-state index contributed by atoms with van der Waals surface area (Å²) < 4.78 is 5.10. The van der Waals surface area contributed by atoms with E-state index in [9.17, 15) is 4.79 Å². The maximum Gasteiger partial charge on any atom is 0.246 e. The number of carbonyl (C=O) groups is 1. The van der Waals surface area contributed by atoms with Crippen molar-refractivity contribution >= 4 is 17.7 Å². The van der Waals surface area contributed by atoms with Gasteiger partial charge in [-0.1, -0.05) is 18.2 Å². The van der Waals surface area contributed by atoms with Crippen molar-refractivity contribution in [2.24, 2.45) is 0 Å². The number of amides is 1. The van der Waals surface area contributed by atoms with E-state index in [-0.39, 0.29) is 5.91 Å². The molecular formula is C16H20N2O2. The van der Waals surface area contributed by atoms with Gasteiger partial charge < -0.3 is 15.4 Å². The van der Waals surface area contributed by atoms with Crippen LogP contribution in [0.15, 0.2) is 42.0 Å². The van der Waals surface area contributed by atoms with E-state index >= 15 is 0 Å². The van der Waals surface area contributed by atoms with Gasteiger partial charge in [0.1, 0.15) is 0 Å². The van der Waals surface area contributed by atoms with E-state index < -0.39 is 0 Å². The molecule has 1 heterocycles. The number of benzene rings is 1. The maximum atomic E-state index is 12.1. The van der Waals surface area contributed by atoms with Crippen molar-refractivity contribution in [3.8, 4) is 0 Å². The zero-order chi connectivity index (χ0) is 14.4. The molecule has 106 valence electrons. The van der Waals surface area contributed by atoms with E-state index in [4.69, 9.17) is 10.5 Å². The highest BCUT2D eigenvalue weighted by atomic mass is 16.5. The van der Waals surface area contributed by atoms with Crippen LogP contribution in [0.3, 0.4) is 0 Å². The van der Waals surface area contributed by atoms with Crippen LogP contribution in [-0.4, -0.2) is 37.6 Å². The predicted octanol–water partition coefficient (Wildman–Crippen LogP) is 2.09. The van der Waals surface area contributed by atoms with Gasteiger partial charge in [-0.3, -0.25) is 4.79 Å². The summed E-state index contributed by atoms with van der Waals surface area (Å²) in [5.41, 5.74) is 8.60. The molecule has 2 rings (SSSR count). The number of anilines is 1. The Balaban J connectivity index is 1.93. The SMILES string of the molecule is COCC1=CCN(C(=O)/C=C/c2cccc(N)c2)CC1. The number of hydrogen-bond donors (Lipinski definition) is 1. The number of nitrogen functional groups attached to an aromatic ring is 1. The minimum absolute atomic E-state index is 0.0279. The Morgan fingerprint density at radius 3 is 3.00 bits per heavy atom. The lowest BCUT2D eigenvalue weighted by molar-refractivity contribution is -0.125. The molecule has 1 aliphatic rings. The number of ether oxygens (including phenoxy) is 1. The summed E-state index contributed by atoms with van der Waals surface area (Å²) in [6, 6.07) is 7.47. The molecule has 4 heteroatoms. The fraction of sp³-hybridized carbons (Fsp3) is 0.312. The molecule has 0 aliphatic carbocycles. The second-order valence-corrected chi connectivity index (χ2v) is 4.83. The van der Waals surface area contributed by atoms with Crippen molar-refractivity contribution in [3.63, 3.8) is 0 Å². The molecule has 20 heavy (non-hydrogen) atoms. The summed E-state index contributed by atoms with van der Waals surface area (Å²) in [5, 5.41) is 0. The highest BCUT2D eigenvalue weighted by Crippen LogP contribution is 2.12. The van der Waals surface area contributed by atoms with E-state index in [0.717, 1.165) is 18.5 Å². The fourth-order valence-corrected chi connectivity index (χ4v) is 2.16. The molecule has 1 aromatic carbocycles. The number of methoxy groups -OCH3 is 1. The number of rotatable bonds is 4. The first-order valence-corrected chi connectivity index (χ1v) is 6.68. The molecule has 0 unspecified atom stereocenters. The molecule has 0 aromatic heterocycles. The Morgan fingerprint density at radius 2 is 2.35 bits per heavy atom. The van der Waals surface area contributed by atoms with Crippen LogP contribution in [0, 0.1) is 0 Å². The lowest BCUT2D eigenvalue weighted by atomic mass is 10.1. The third-order valence-corrected chi connectivity index (χ3v) is 3.27. The Labute approximate surface area is 119 Å². The van der Waals surface area contributed by atoms with Crippen molar-refractivity contribution < 1.29 is 9.53 Å². The normalized spacial score (nSPS) is 15.4. The van der Waals surface area contributed by atoms with Gasteiger partial charge in [0.05, 0.1) is 6.61 Å². The largest absolute Gasteiger partial charge is 0.399 e. The van der Waals surface area contributed by atoms with E-state index in [2.05, 4.69) is 6.08 Å². The van der Waals surface area contributed by atoms with Crippen molar-refractivity contribution in [3.05, 3.63) is 47.6 Å². The average molecular weight is 272 g/mol. The van der Waals surface area contributed by atoms with Gasteiger partial charge in [0.2, 0.25) is 5.91 Å². The monoisotopic (exact) mass is 272 g/mol. The molecule has 0 radical (unpaired) electrons. The molecular weight excluding hydrogens is 252 g/mol. The molecule has 0 fully saturated rings. The second-order valence-electron chi connectivity index (χ2n) is 4.83. The first-order valence-electron chi connectivity index (χ1n) is 6.68. The molecule has 2 N–H and O–H groups in total. The second kappa shape index (κ2) is 6.91. The van der Waals surface area contributed by atoms with E-state index in [1.54, 1.807) is 19.3 Å². The molecule has 1 amide bonds. The van der Waals surface area contributed by atoms with E-state index in [1.165, 1.54) is 5.57 Å². The van der Waals surface area contributed by atoms with Gasteiger partial charge in [-0.25, -0.2) is 0 Å². The van der Waals surface area contributed by atoms with Crippen molar-refractivity contribution in [1.82, 2.24) is 4.90 Å². The van der Waals surface area contributed by atoms with Crippen LogP contribution in [-0.2, 0) is 9.53 Å². The number of carbonyl (C=O) groups excluding carboxylic acids is 1. The van der Waals surface area contributed by atoms with Gasteiger partial charge in [0.25, 0.3) is 0 Å². The van der Waals surface area contributed by atoms with Gasteiger partial charge in [-0.2, -0.15) is 0 Å². The highest BCUT2D eigenvalue weighted by Gasteiger charge is 2.14. The van der Waals surface area contributed by atoms with Crippen LogP contribution in [0.2, 0.25) is 0 Å². The van der Waals surface area contributed by atoms with Gasteiger partial charge in [0.15, 0.2) is 0 Å². The minimum atomic E-state index is 0.0279. The highest BCUT2D eigenvalue weighted by molar-refractivity contribution is 5.92. The Hall–Kier alpha value is -2.07. The summed E-state index contributed by atoms with van der Waals surface area (Å²) in [4.78, 5) is 13.9. The summed E-state index contributed by atoms with van der Waals surface area (Å²) in [6.45, 7) is 2.05. The predicted molar refractivity (Wildman–Crippen MR) is 81.0 cm³/mol. The Kier molecular flexibility index (Phi) is 4.96. The van der Waals surface area contributed by atoms with Crippen LogP contribution in [0.4, 0.5) is 5.69 Å². The van der Waals surface area contributed by atoms with Crippen molar-refractivity contribution in [2.45, 2.75) is 6.42 Å². The van der Waals surface area contributed by atoms with Crippen molar-refractivity contribution in [1.29, 1.82) is 0 Å². The van der Waals surface area contributed by atoms with Gasteiger partial charge in [-0.15, -0.1) is 0 Å². The quantitative estimate of drug-likeness (QED) is 0.519. The first kappa shape index (κ1) is 14.3. The molecule has 0 spiro atoms. The topological polar surface area (TPSA) is 55.6 Å². The maximum absolute atomic E-state index is 12.1. The molecule has 4 nitrogen and oxygen atoms in total. The summed E-state index contributed by atoms with van der Waals surface area (Å²) >= 11 is 0. The van der Waals surface area contributed by atoms with Crippen LogP contribution >= 0.6 is 0 Å². The lowest BCUT2D eigenvalue weighted by Crippen LogP contribution is -2.34. The molecule has 0 saturated heterocycles. The molecule has 0 saturated carbocycles. The van der Waals surface area contributed by atoms with Gasteiger partial charge in [0, 0.05) is 32.0 Å². The smallest absolute Gasteiger partial charge is 0.246 e. The summed E-state index contributed by atoms with van der Waals surface area (Å²) in [5.74, 6) is 0.0279. The molecule has 1 aliphatic heterocycles. The summed E-state index contributed by atoms with van der Waals surface area (Å²) in [6.07, 6.45) is 6.35. The fourth-order valence-electron chi connectivity index (χ4n) is 2.16. The molecule has 0 bridgehead atoms. The molecule has 0 atom stereocenters. The third kappa shape index (κ3) is 3.96. The van der Waals surface area contributed by atoms with Crippen LogP contribution in [0.5, 0.6) is 0 Å². The summed E-state index contributed by atoms with van der Waals surface area (Å²) in [7, 11) is 1.69. The third-order valence-electron chi connectivity index (χ3n) is 3.27. The van der Waals surface area contributed by atoms with Crippen LogP contribution in [0.25, 0.3) is 6.08 Å². The zero-order valence-electron chi connectivity index (χ0n) is 11.7. The lowest BCUT2D eigenvalue weighted by Gasteiger charge is -2.25. The van der Waals surface area contributed by atoms with E-state index in [0.29, 0.717) is 18.8 Å². The Bertz CT molecular complexity index is 535. The Morgan fingerprint density at radius 1 is 1.50 bits per heavy atom. The average Bonchev–Trinajstić information content (AvgIpc) is 2.46. The number of nitrogens with two attached hydrogens (primary N) is 1. The number of nitrogens with zero attached hydrogens (tertiary/aromatic N) is 1.